The molecule has 1 aliphatic rings. The molecule has 1 N–H and O–H groups in total. The van der Waals surface area contributed by atoms with E-state index in [-0.39, 0.29) is 0 Å². The number of hydrogen-bond donors (Lipinski definition) is 1. The monoisotopic (exact) mass is 215 g/mol. The molecule has 0 radical (unpaired) electrons. The smallest absolute Gasteiger partial charge is 0.158 e. The second-order valence-electron chi connectivity index (χ2n) is 3.85. The van der Waals surface area contributed by atoms with E-state index in [0.29, 0.717) is 6.10 Å². The molecule has 0 atom stereocenters. The van der Waals surface area contributed by atoms with E-state index >= 15 is 0 Å². The topological polar surface area (TPSA) is 39.1 Å². The van der Waals surface area contributed by atoms with Gasteiger partial charge in [0.1, 0.15) is 6.10 Å². The van der Waals surface area contributed by atoms with Crippen LogP contribution in [0.3, 0.4) is 0 Å². The highest BCUT2D eigenvalue weighted by atomic mass is 16.5. The average Bonchev–Trinajstić information content (AvgIpc) is 2.73. The first-order chi connectivity index (χ1) is 7.92. The third kappa shape index (κ3) is 1.79. The maximum absolute atomic E-state index is 5.71. The van der Waals surface area contributed by atoms with Gasteiger partial charge in [0, 0.05) is 13.1 Å². The van der Waals surface area contributed by atoms with Crippen LogP contribution in [-0.4, -0.2) is 29.0 Å². The van der Waals surface area contributed by atoms with Crippen molar-refractivity contribution in [3.05, 3.63) is 42.7 Å². The summed E-state index contributed by atoms with van der Waals surface area (Å²) in [4.78, 5) is 0. The van der Waals surface area contributed by atoms with Gasteiger partial charge < -0.3 is 10.1 Å². The molecular weight excluding hydrogens is 202 g/mol. The molecule has 1 aliphatic heterocycles. The van der Waals surface area contributed by atoms with Crippen molar-refractivity contribution >= 4 is 0 Å². The Labute approximate surface area is 93.8 Å². The fourth-order valence-electron chi connectivity index (χ4n) is 1.63. The van der Waals surface area contributed by atoms with Crippen LogP contribution in [0.1, 0.15) is 0 Å². The number of ether oxygens (including phenoxy) is 1. The predicted molar refractivity (Wildman–Crippen MR) is 60.8 cm³/mol. The average molecular weight is 215 g/mol. The van der Waals surface area contributed by atoms with Gasteiger partial charge >= 0.3 is 0 Å². The van der Waals surface area contributed by atoms with Crippen molar-refractivity contribution < 1.29 is 4.74 Å². The highest BCUT2D eigenvalue weighted by Crippen LogP contribution is 2.15. The zero-order valence-electron chi connectivity index (χ0n) is 8.84. The lowest BCUT2D eigenvalue weighted by Crippen LogP contribution is -2.50. The zero-order chi connectivity index (χ0) is 10.8. The molecule has 0 aliphatic carbocycles. The van der Waals surface area contributed by atoms with E-state index in [2.05, 4.69) is 10.4 Å². The highest BCUT2D eigenvalue weighted by molar-refractivity contribution is 5.32. The van der Waals surface area contributed by atoms with Gasteiger partial charge in [0.25, 0.3) is 0 Å². The van der Waals surface area contributed by atoms with Gasteiger partial charge in [-0.05, 0) is 12.1 Å². The fourth-order valence-corrected chi connectivity index (χ4v) is 1.63. The van der Waals surface area contributed by atoms with Crippen LogP contribution < -0.4 is 10.1 Å². The number of rotatable bonds is 3. The molecule has 0 amide bonds. The Morgan fingerprint density at radius 1 is 1.25 bits per heavy atom. The van der Waals surface area contributed by atoms with Crippen LogP contribution in [0.2, 0.25) is 0 Å². The summed E-state index contributed by atoms with van der Waals surface area (Å²) in [6.45, 7) is 1.85. The Morgan fingerprint density at radius 2 is 2.06 bits per heavy atom. The molecule has 0 saturated carbocycles. The number of aromatic nitrogens is 2. The summed E-state index contributed by atoms with van der Waals surface area (Å²) in [5.41, 5.74) is 1.05. The molecule has 0 unspecified atom stereocenters. The first-order valence-electron chi connectivity index (χ1n) is 5.39. The second-order valence-corrected chi connectivity index (χ2v) is 3.85. The lowest BCUT2D eigenvalue weighted by molar-refractivity contribution is 0.142. The van der Waals surface area contributed by atoms with Crippen molar-refractivity contribution in [1.82, 2.24) is 15.1 Å². The van der Waals surface area contributed by atoms with E-state index in [1.165, 1.54) is 0 Å². The minimum Gasteiger partial charge on any atom is -0.484 e. The molecule has 1 aromatic heterocycles. The van der Waals surface area contributed by atoms with Crippen LogP contribution in [-0.2, 0) is 0 Å². The maximum atomic E-state index is 5.71. The van der Waals surface area contributed by atoms with E-state index < -0.39 is 0 Å². The normalized spacial score (nSPS) is 15.8. The van der Waals surface area contributed by atoms with E-state index in [1.54, 1.807) is 6.20 Å². The predicted octanol–water partition coefficient (Wildman–Crippen LogP) is 1.22. The SMILES string of the molecule is c1ccc(-n2cc(OC3CNC3)cn2)cc1. The van der Waals surface area contributed by atoms with Gasteiger partial charge in [-0.25, -0.2) is 4.68 Å². The minimum absolute atomic E-state index is 0.299. The molecule has 1 aromatic carbocycles. The Hall–Kier alpha value is -1.81. The fraction of sp³-hybridized carbons (Fsp3) is 0.250. The molecule has 82 valence electrons. The van der Waals surface area contributed by atoms with Crippen molar-refractivity contribution in [1.29, 1.82) is 0 Å². The van der Waals surface area contributed by atoms with Gasteiger partial charge in [0.2, 0.25) is 0 Å². The standard InChI is InChI=1S/C12H13N3O/c1-2-4-10(5-3-1)15-9-12(8-14-15)16-11-6-13-7-11/h1-5,8-9,11,13H,6-7H2. The third-order valence-electron chi connectivity index (χ3n) is 2.63. The van der Waals surface area contributed by atoms with E-state index in [0.717, 1.165) is 24.5 Å². The van der Waals surface area contributed by atoms with Crippen LogP contribution in [0, 0.1) is 0 Å². The summed E-state index contributed by atoms with van der Waals surface area (Å²) in [5, 5.41) is 7.44. The summed E-state index contributed by atoms with van der Waals surface area (Å²) in [6.07, 6.45) is 3.97. The summed E-state index contributed by atoms with van der Waals surface area (Å²) in [7, 11) is 0. The number of nitrogens with zero attached hydrogens (tertiary/aromatic N) is 2. The largest absolute Gasteiger partial charge is 0.484 e. The molecule has 4 nitrogen and oxygen atoms in total. The zero-order valence-corrected chi connectivity index (χ0v) is 8.84. The number of nitrogens with one attached hydrogen (secondary N) is 1. The Kier molecular flexibility index (Phi) is 2.34. The van der Waals surface area contributed by atoms with Crippen LogP contribution in [0.15, 0.2) is 42.7 Å². The van der Waals surface area contributed by atoms with Gasteiger partial charge in [-0.1, -0.05) is 18.2 Å². The van der Waals surface area contributed by atoms with Crippen LogP contribution >= 0.6 is 0 Å². The minimum atomic E-state index is 0.299. The van der Waals surface area contributed by atoms with E-state index in [9.17, 15) is 0 Å². The molecular formula is C12H13N3O. The molecule has 1 fully saturated rings. The van der Waals surface area contributed by atoms with E-state index in [1.807, 2.05) is 41.2 Å². The molecule has 3 rings (SSSR count). The summed E-state index contributed by atoms with van der Waals surface area (Å²) in [5.74, 6) is 0.829. The van der Waals surface area contributed by atoms with Gasteiger partial charge in [-0.15, -0.1) is 0 Å². The lowest BCUT2D eigenvalue weighted by Gasteiger charge is -2.26. The third-order valence-corrected chi connectivity index (χ3v) is 2.63. The Bertz CT molecular complexity index is 462. The van der Waals surface area contributed by atoms with Gasteiger partial charge in [0.15, 0.2) is 5.75 Å². The van der Waals surface area contributed by atoms with Gasteiger partial charge in [-0.3, -0.25) is 0 Å². The molecule has 2 aromatic rings. The molecule has 16 heavy (non-hydrogen) atoms. The molecule has 0 bridgehead atoms. The van der Waals surface area contributed by atoms with Crippen molar-refractivity contribution in [2.45, 2.75) is 6.10 Å². The van der Waals surface area contributed by atoms with Crippen molar-refractivity contribution in [2.24, 2.45) is 0 Å². The number of hydrogen-bond acceptors (Lipinski definition) is 3. The Balaban J connectivity index is 1.77. The lowest BCUT2D eigenvalue weighted by atomic mass is 10.2. The van der Waals surface area contributed by atoms with E-state index in [4.69, 9.17) is 4.74 Å². The van der Waals surface area contributed by atoms with Crippen LogP contribution in [0.5, 0.6) is 5.75 Å². The second kappa shape index (κ2) is 3.98. The quantitative estimate of drug-likeness (QED) is 0.836. The molecule has 2 heterocycles. The first kappa shape index (κ1) is 9.42. The summed E-state index contributed by atoms with van der Waals surface area (Å²) >= 11 is 0. The number of benzene rings is 1. The molecule has 4 heteroatoms. The van der Waals surface area contributed by atoms with Crippen molar-refractivity contribution in [2.75, 3.05) is 13.1 Å². The van der Waals surface area contributed by atoms with Gasteiger partial charge in [-0.2, -0.15) is 5.10 Å². The Morgan fingerprint density at radius 3 is 2.75 bits per heavy atom. The van der Waals surface area contributed by atoms with Crippen LogP contribution in [0.25, 0.3) is 5.69 Å². The number of para-hydroxylation sites is 1. The van der Waals surface area contributed by atoms with Crippen molar-refractivity contribution in [3.63, 3.8) is 0 Å². The van der Waals surface area contributed by atoms with Crippen LogP contribution in [0.4, 0.5) is 0 Å². The first-order valence-corrected chi connectivity index (χ1v) is 5.39. The summed E-state index contributed by atoms with van der Waals surface area (Å²) < 4.78 is 7.53. The van der Waals surface area contributed by atoms with Gasteiger partial charge in [0.05, 0.1) is 18.1 Å². The highest BCUT2D eigenvalue weighted by Gasteiger charge is 2.18. The maximum Gasteiger partial charge on any atom is 0.158 e. The van der Waals surface area contributed by atoms with Crippen molar-refractivity contribution in [3.8, 4) is 11.4 Å². The summed E-state index contributed by atoms with van der Waals surface area (Å²) in [6, 6.07) is 10.0. The molecule has 0 spiro atoms. The molecule has 1 saturated heterocycles.